The molecule has 0 spiro atoms. The molecule has 1 unspecified atom stereocenters. The Morgan fingerprint density at radius 2 is 2.57 bits per heavy atom. The van der Waals surface area contributed by atoms with E-state index in [9.17, 15) is 0 Å². The van der Waals surface area contributed by atoms with Crippen molar-refractivity contribution in [3.8, 4) is 0 Å². The lowest BCUT2D eigenvalue weighted by Crippen LogP contribution is -2.45. The van der Waals surface area contributed by atoms with E-state index in [0.29, 0.717) is 17.9 Å². The topological polar surface area (TPSA) is 80.1 Å². The van der Waals surface area contributed by atoms with E-state index in [1.807, 2.05) is 0 Å². The number of hydrogen-bond acceptors (Lipinski definition) is 5. The number of nitrogens with one attached hydrogen (secondary N) is 1. The third kappa shape index (κ3) is 1.65. The minimum Gasteiger partial charge on any atom is -0.377 e. The number of hydrogen-bond donors (Lipinski definition) is 2. The number of aromatic amines is 1. The number of nitrogens with zero attached hydrogens (tertiary/aromatic N) is 3. The fourth-order valence-corrected chi connectivity index (χ4v) is 1.65. The van der Waals surface area contributed by atoms with Crippen LogP contribution in [0.5, 0.6) is 0 Å². The van der Waals surface area contributed by atoms with Crippen LogP contribution in [0.4, 0.5) is 11.9 Å². The Labute approximate surface area is 82.4 Å². The van der Waals surface area contributed by atoms with E-state index in [2.05, 4.69) is 27.0 Å². The summed E-state index contributed by atoms with van der Waals surface area (Å²) in [5.41, 5.74) is 5.49. The van der Waals surface area contributed by atoms with Crippen LogP contribution in [0.25, 0.3) is 0 Å². The first-order valence-corrected chi connectivity index (χ1v) is 4.83. The molecule has 0 amide bonds. The lowest BCUT2D eigenvalue weighted by Gasteiger charge is -2.34. The number of aromatic nitrogens is 3. The Bertz CT molecular complexity index is 300. The van der Waals surface area contributed by atoms with Gasteiger partial charge in [0.25, 0.3) is 0 Å². The molecule has 1 aliphatic heterocycles. The first-order chi connectivity index (χ1) is 6.81. The summed E-state index contributed by atoms with van der Waals surface area (Å²) in [4.78, 5) is 6.25. The smallest absolute Gasteiger partial charge is 0.246 e. The molecule has 78 valence electrons. The highest BCUT2D eigenvalue weighted by Gasteiger charge is 2.24. The SMILES string of the molecule is CCC1COCCN1c1n[nH]c(N)n1. The predicted octanol–water partition coefficient (Wildman–Crippen LogP) is 0.00210. The lowest BCUT2D eigenvalue weighted by atomic mass is 10.2. The quantitative estimate of drug-likeness (QED) is 0.697. The molecule has 1 fully saturated rings. The summed E-state index contributed by atoms with van der Waals surface area (Å²) in [7, 11) is 0. The van der Waals surface area contributed by atoms with E-state index >= 15 is 0 Å². The minimum atomic E-state index is 0.360. The molecule has 14 heavy (non-hydrogen) atoms. The van der Waals surface area contributed by atoms with Crippen LogP contribution >= 0.6 is 0 Å². The second kappa shape index (κ2) is 3.83. The Morgan fingerprint density at radius 3 is 3.21 bits per heavy atom. The zero-order chi connectivity index (χ0) is 9.97. The second-order valence-corrected chi connectivity index (χ2v) is 3.35. The second-order valence-electron chi connectivity index (χ2n) is 3.35. The maximum absolute atomic E-state index is 5.49. The van der Waals surface area contributed by atoms with Gasteiger partial charge in [0.05, 0.1) is 19.3 Å². The lowest BCUT2D eigenvalue weighted by molar-refractivity contribution is 0.0921. The Morgan fingerprint density at radius 1 is 1.71 bits per heavy atom. The maximum atomic E-state index is 5.49. The van der Waals surface area contributed by atoms with Crippen LogP contribution in [0.1, 0.15) is 13.3 Å². The van der Waals surface area contributed by atoms with E-state index in [4.69, 9.17) is 10.5 Å². The average Bonchev–Trinajstić information content (AvgIpc) is 2.65. The molecule has 2 rings (SSSR count). The van der Waals surface area contributed by atoms with Crippen molar-refractivity contribution in [2.24, 2.45) is 0 Å². The van der Waals surface area contributed by atoms with E-state index in [0.717, 1.165) is 26.2 Å². The van der Waals surface area contributed by atoms with Crippen molar-refractivity contribution in [1.29, 1.82) is 0 Å². The first-order valence-electron chi connectivity index (χ1n) is 4.83. The van der Waals surface area contributed by atoms with Crippen LogP contribution in [0.15, 0.2) is 0 Å². The summed E-state index contributed by atoms with van der Waals surface area (Å²) in [6.07, 6.45) is 1.02. The van der Waals surface area contributed by atoms with Gasteiger partial charge >= 0.3 is 0 Å². The standard InChI is InChI=1S/C8H15N5O/c1-2-6-5-14-4-3-13(6)8-10-7(9)11-12-8/h6H,2-5H2,1H3,(H3,9,10,11,12). The van der Waals surface area contributed by atoms with Gasteiger partial charge in [-0.1, -0.05) is 6.92 Å². The molecular formula is C8H15N5O. The van der Waals surface area contributed by atoms with Crippen molar-refractivity contribution in [1.82, 2.24) is 15.2 Å². The third-order valence-corrected chi connectivity index (χ3v) is 2.45. The van der Waals surface area contributed by atoms with Gasteiger partial charge in [-0.15, -0.1) is 5.10 Å². The molecule has 6 heteroatoms. The summed E-state index contributed by atoms with van der Waals surface area (Å²) < 4.78 is 5.39. The molecule has 6 nitrogen and oxygen atoms in total. The molecule has 1 aliphatic rings. The number of ether oxygens (including phenoxy) is 1. The molecular weight excluding hydrogens is 182 g/mol. The monoisotopic (exact) mass is 197 g/mol. The molecule has 0 radical (unpaired) electrons. The summed E-state index contributed by atoms with van der Waals surface area (Å²) in [5.74, 6) is 1.04. The highest BCUT2D eigenvalue weighted by molar-refractivity contribution is 5.35. The predicted molar refractivity (Wildman–Crippen MR) is 53.0 cm³/mol. The number of morpholine rings is 1. The number of H-pyrrole nitrogens is 1. The Hall–Kier alpha value is -1.30. The van der Waals surface area contributed by atoms with Crippen molar-refractivity contribution in [3.05, 3.63) is 0 Å². The third-order valence-electron chi connectivity index (χ3n) is 2.45. The molecule has 0 aliphatic carbocycles. The highest BCUT2D eigenvalue weighted by Crippen LogP contribution is 2.17. The molecule has 0 aromatic carbocycles. The van der Waals surface area contributed by atoms with Crippen LogP contribution in [-0.2, 0) is 4.74 Å². The Balaban J connectivity index is 2.14. The number of anilines is 2. The molecule has 1 aromatic heterocycles. The summed E-state index contributed by atoms with van der Waals surface area (Å²) in [6, 6.07) is 0.360. The van der Waals surface area contributed by atoms with Gasteiger partial charge in [-0.2, -0.15) is 4.98 Å². The first kappa shape index (κ1) is 9.26. The molecule has 1 atom stereocenters. The van der Waals surface area contributed by atoms with Crippen molar-refractivity contribution >= 4 is 11.9 Å². The zero-order valence-electron chi connectivity index (χ0n) is 8.23. The van der Waals surface area contributed by atoms with Gasteiger partial charge in [-0.05, 0) is 6.42 Å². The number of nitrogen functional groups attached to an aromatic ring is 1. The fourth-order valence-electron chi connectivity index (χ4n) is 1.65. The summed E-state index contributed by atoms with van der Waals surface area (Å²) >= 11 is 0. The molecule has 1 aromatic rings. The largest absolute Gasteiger partial charge is 0.377 e. The summed E-state index contributed by atoms with van der Waals surface area (Å²) in [6.45, 7) is 4.42. The molecule has 0 saturated carbocycles. The molecule has 1 saturated heterocycles. The number of nitrogens with two attached hydrogens (primary N) is 1. The van der Waals surface area contributed by atoms with Crippen molar-refractivity contribution in [3.63, 3.8) is 0 Å². The van der Waals surface area contributed by atoms with E-state index in [1.165, 1.54) is 0 Å². The maximum Gasteiger partial charge on any atom is 0.246 e. The van der Waals surface area contributed by atoms with Gasteiger partial charge in [-0.3, -0.25) is 0 Å². The molecule has 0 bridgehead atoms. The molecule has 3 N–H and O–H groups in total. The van der Waals surface area contributed by atoms with Crippen molar-refractivity contribution in [2.45, 2.75) is 19.4 Å². The van der Waals surface area contributed by atoms with Gasteiger partial charge in [0.1, 0.15) is 0 Å². The minimum absolute atomic E-state index is 0.360. The van der Waals surface area contributed by atoms with E-state index < -0.39 is 0 Å². The van der Waals surface area contributed by atoms with Crippen molar-refractivity contribution < 1.29 is 4.74 Å². The van der Waals surface area contributed by atoms with Crippen LogP contribution in [0.3, 0.4) is 0 Å². The zero-order valence-corrected chi connectivity index (χ0v) is 8.23. The van der Waals surface area contributed by atoms with Gasteiger partial charge in [-0.25, -0.2) is 5.10 Å². The Kier molecular flexibility index (Phi) is 2.53. The van der Waals surface area contributed by atoms with Crippen LogP contribution in [-0.4, -0.2) is 41.0 Å². The van der Waals surface area contributed by atoms with Crippen LogP contribution in [0.2, 0.25) is 0 Å². The molecule has 2 heterocycles. The van der Waals surface area contributed by atoms with Crippen molar-refractivity contribution in [2.75, 3.05) is 30.4 Å². The van der Waals surface area contributed by atoms with Gasteiger partial charge in [0, 0.05) is 6.54 Å². The van der Waals surface area contributed by atoms with Gasteiger partial charge < -0.3 is 15.4 Å². The van der Waals surface area contributed by atoms with Gasteiger partial charge in [0.2, 0.25) is 11.9 Å². The highest BCUT2D eigenvalue weighted by atomic mass is 16.5. The average molecular weight is 197 g/mol. The normalized spacial score (nSPS) is 22.6. The van der Waals surface area contributed by atoms with Crippen LogP contribution < -0.4 is 10.6 Å². The number of rotatable bonds is 2. The van der Waals surface area contributed by atoms with E-state index in [-0.39, 0.29) is 0 Å². The van der Waals surface area contributed by atoms with E-state index in [1.54, 1.807) is 0 Å². The summed E-state index contributed by atoms with van der Waals surface area (Å²) in [5, 5.41) is 6.69. The van der Waals surface area contributed by atoms with Gasteiger partial charge in [0.15, 0.2) is 0 Å². The van der Waals surface area contributed by atoms with Crippen LogP contribution in [0, 0.1) is 0 Å². The fraction of sp³-hybridized carbons (Fsp3) is 0.750.